The Labute approximate surface area is 176 Å². The van der Waals surface area contributed by atoms with E-state index < -0.39 is 73.0 Å². The van der Waals surface area contributed by atoms with E-state index in [2.05, 4.69) is 10.6 Å². The van der Waals surface area contributed by atoms with Crippen molar-refractivity contribution in [2.45, 2.75) is 50.0 Å². The highest BCUT2D eigenvalue weighted by molar-refractivity contribution is 7.98. The van der Waals surface area contributed by atoms with Gasteiger partial charge in [0.1, 0.15) is 24.2 Å². The van der Waals surface area contributed by atoms with E-state index in [0.29, 0.717) is 5.75 Å². The Morgan fingerprint density at radius 3 is 1.97 bits per heavy atom. The van der Waals surface area contributed by atoms with Crippen molar-refractivity contribution in [1.82, 2.24) is 16.0 Å². The Bertz CT molecular complexity index is 632. The number of carbonyl (C=O) groups excluding carboxylic acids is 3. The Morgan fingerprint density at radius 1 is 0.967 bits per heavy atom. The van der Waals surface area contributed by atoms with Gasteiger partial charge in [-0.3, -0.25) is 19.2 Å². The molecule has 14 heteroatoms. The average Bonchev–Trinajstić information content (AvgIpc) is 2.66. The number of hydrogen-bond donors (Lipinski definition) is 8. The zero-order valence-electron chi connectivity index (χ0n) is 16.5. The minimum Gasteiger partial charge on any atom is -0.481 e. The molecule has 9 N–H and O–H groups in total. The van der Waals surface area contributed by atoms with Crippen molar-refractivity contribution in [2.24, 2.45) is 5.73 Å². The van der Waals surface area contributed by atoms with Crippen molar-refractivity contribution >= 4 is 41.4 Å². The quantitative estimate of drug-likeness (QED) is 0.129. The third-order valence-corrected chi connectivity index (χ3v) is 4.48. The number of thioether (sulfide) groups is 1. The van der Waals surface area contributed by atoms with Crippen LogP contribution in [-0.2, 0) is 24.0 Å². The van der Waals surface area contributed by atoms with Crippen molar-refractivity contribution < 1.29 is 44.4 Å². The summed E-state index contributed by atoms with van der Waals surface area (Å²) in [7, 11) is 0. The van der Waals surface area contributed by atoms with Gasteiger partial charge < -0.3 is 42.1 Å². The van der Waals surface area contributed by atoms with Crippen LogP contribution in [0.2, 0.25) is 0 Å². The fourth-order valence-electron chi connectivity index (χ4n) is 2.16. The standard InChI is InChI=1S/C16H28N4O9S/c1-7(22)12(15(27)18-9(16(28)29)3-4-30-2)20-14(26)10(5-11(23)24)19-13(25)8(17)6-21/h7-10,12,21-22H,3-6,17H2,1-2H3,(H,18,27)(H,19,25)(H,20,26)(H,23,24)(H,28,29). The molecule has 3 amide bonds. The fraction of sp³-hybridized carbons (Fsp3) is 0.688. The number of carboxylic acids is 2. The van der Waals surface area contributed by atoms with Gasteiger partial charge in [0.2, 0.25) is 17.7 Å². The van der Waals surface area contributed by atoms with Crippen LogP contribution in [0.3, 0.4) is 0 Å². The Hall–Kier alpha value is -2.42. The molecule has 13 nitrogen and oxygen atoms in total. The molecule has 0 radical (unpaired) electrons. The van der Waals surface area contributed by atoms with Crippen LogP contribution < -0.4 is 21.7 Å². The molecule has 5 atom stereocenters. The minimum absolute atomic E-state index is 0.0967. The third kappa shape index (κ3) is 9.87. The number of rotatable bonds is 14. The molecule has 0 rings (SSSR count). The first kappa shape index (κ1) is 27.6. The summed E-state index contributed by atoms with van der Waals surface area (Å²) in [6, 6.07) is -5.94. The lowest BCUT2D eigenvalue weighted by molar-refractivity contribution is -0.144. The van der Waals surface area contributed by atoms with Gasteiger partial charge in [-0.2, -0.15) is 11.8 Å². The number of hydrogen-bond acceptors (Lipinski definition) is 9. The molecule has 30 heavy (non-hydrogen) atoms. The maximum atomic E-state index is 12.4. The zero-order valence-corrected chi connectivity index (χ0v) is 17.3. The molecule has 0 spiro atoms. The number of amides is 3. The van der Waals surface area contributed by atoms with Gasteiger partial charge in [-0.15, -0.1) is 0 Å². The minimum atomic E-state index is -1.66. The summed E-state index contributed by atoms with van der Waals surface area (Å²) in [5.74, 6) is -5.44. The summed E-state index contributed by atoms with van der Waals surface area (Å²) in [6.07, 6.45) is -0.488. The summed E-state index contributed by atoms with van der Waals surface area (Å²) < 4.78 is 0. The van der Waals surface area contributed by atoms with Crippen LogP contribution in [-0.4, -0.2) is 99.0 Å². The number of carboxylic acid groups (broad SMARTS) is 2. The van der Waals surface area contributed by atoms with E-state index in [1.54, 1.807) is 6.26 Å². The first-order valence-corrected chi connectivity index (χ1v) is 10.2. The number of nitrogens with one attached hydrogen (secondary N) is 3. The van der Waals surface area contributed by atoms with Crippen LogP contribution in [0.1, 0.15) is 19.8 Å². The molecule has 0 aliphatic rings. The van der Waals surface area contributed by atoms with E-state index >= 15 is 0 Å². The fourth-order valence-corrected chi connectivity index (χ4v) is 2.63. The summed E-state index contributed by atoms with van der Waals surface area (Å²) in [5.41, 5.74) is 5.31. The molecule has 0 aromatic carbocycles. The van der Waals surface area contributed by atoms with Gasteiger partial charge in [0.25, 0.3) is 0 Å². The van der Waals surface area contributed by atoms with E-state index in [1.165, 1.54) is 11.8 Å². The molecule has 0 aromatic heterocycles. The van der Waals surface area contributed by atoms with Crippen LogP contribution in [0.25, 0.3) is 0 Å². The van der Waals surface area contributed by atoms with Crippen LogP contribution in [0.15, 0.2) is 0 Å². The Morgan fingerprint density at radius 2 is 1.53 bits per heavy atom. The Balaban J connectivity index is 5.35. The highest BCUT2D eigenvalue weighted by atomic mass is 32.2. The summed E-state index contributed by atoms with van der Waals surface area (Å²) >= 11 is 1.36. The molecule has 0 aliphatic heterocycles. The molecule has 0 aromatic rings. The highest BCUT2D eigenvalue weighted by Gasteiger charge is 2.33. The summed E-state index contributed by atoms with van der Waals surface area (Å²) in [6.45, 7) is 0.410. The van der Waals surface area contributed by atoms with E-state index in [-0.39, 0.29) is 6.42 Å². The molecular formula is C16H28N4O9S. The zero-order chi connectivity index (χ0) is 23.4. The second-order valence-electron chi connectivity index (χ2n) is 6.36. The van der Waals surface area contributed by atoms with Gasteiger partial charge in [-0.25, -0.2) is 4.79 Å². The molecule has 0 aliphatic carbocycles. The van der Waals surface area contributed by atoms with Crippen LogP contribution in [0.4, 0.5) is 0 Å². The van der Waals surface area contributed by atoms with Crippen LogP contribution in [0.5, 0.6) is 0 Å². The molecular weight excluding hydrogens is 424 g/mol. The normalized spacial score (nSPS) is 15.8. The second kappa shape index (κ2) is 13.7. The van der Waals surface area contributed by atoms with E-state index in [1.807, 2.05) is 5.32 Å². The van der Waals surface area contributed by atoms with Gasteiger partial charge in [-0.05, 0) is 25.4 Å². The average molecular weight is 452 g/mol. The predicted molar refractivity (Wildman–Crippen MR) is 105 cm³/mol. The van der Waals surface area contributed by atoms with Gasteiger partial charge in [-0.1, -0.05) is 0 Å². The monoisotopic (exact) mass is 452 g/mol. The van der Waals surface area contributed by atoms with Gasteiger partial charge >= 0.3 is 11.9 Å². The van der Waals surface area contributed by atoms with E-state index in [0.717, 1.165) is 6.92 Å². The predicted octanol–water partition coefficient (Wildman–Crippen LogP) is -3.55. The van der Waals surface area contributed by atoms with Gasteiger partial charge in [0.15, 0.2) is 0 Å². The highest BCUT2D eigenvalue weighted by Crippen LogP contribution is 2.04. The molecule has 0 fully saturated rings. The Kier molecular flexibility index (Phi) is 12.6. The van der Waals surface area contributed by atoms with E-state index in [4.69, 9.17) is 15.9 Å². The molecule has 172 valence electrons. The van der Waals surface area contributed by atoms with Crippen molar-refractivity contribution in [3.63, 3.8) is 0 Å². The first-order valence-electron chi connectivity index (χ1n) is 8.83. The first-order chi connectivity index (χ1) is 13.9. The van der Waals surface area contributed by atoms with Crippen molar-refractivity contribution in [1.29, 1.82) is 0 Å². The van der Waals surface area contributed by atoms with Crippen molar-refractivity contribution in [3.05, 3.63) is 0 Å². The lowest BCUT2D eigenvalue weighted by atomic mass is 10.1. The summed E-state index contributed by atoms with van der Waals surface area (Å²) in [5, 5.41) is 43.2. The molecule has 0 saturated carbocycles. The van der Waals surface area contributed by atoms with Crippen LogP contribution >= 0.6 is 11.8 Å². The van der Waals surface area contributed by atoms with Gasteiger partial charge in [0.05, 0.1) is 19.1 Å². The maximum Gasteiger partial charge on any atom is 0.326 e. The molecule has 0 saturated heterocycles. The number of nitrogens with two attached hydrogens (primary N) is 1. The number of carbonyl (C=O) groups is 5. The van der Waals surface area contributed by atoms with Crippen molar-refractivity contribution in [2.75, 3.05) is 18.6 Å². The number of aliphatic hydroxyl groups is 2. The lowest BCUT2D eigenvalue weighted by Gasteiger charge is -2.26. The van der Waals surface area contributed by atoms with Crippen molar-refractivity contribution in [3.8, 4) is 0 Å². The topological polar surface area (TPSA) is 228 Å². The maximum absolute atomic E-state index is 12.4. The SMILES string of the molecule is CSCCC(NC(=O)C(NC(=O)C(CC(=O)O)NC(=O)C(N)CO)C(C)O)C(=O)O. The number of aliphatic hydroxyl groups excluding tert-OH is 2. The molecule has 0 heterocycles. The van der Waals surface area contributed by atoms with Gasteiger partial charge in [0, 0.05) is 0 Å². The smallest absolute Gasteiger partial charge is 0.326 e. The third-order valence-electron chi connectivity index (χ3n) is 3.83. The largest absolute Gasteiger partial charge is 0.481 e. The molecule has 5 unspecified atom stereocenters. The van der Waals surface area contributed by atoms with E-state index in [9.17, 15) is 34.2 Å². The summed E-state index contributed by atoms with van der Waals surface area (Å²) in [4.78, 5) is 58.9. The molecule has 0 bridgehead atoms. The lowest BCUT2D eigenvalue weighted by Crippen LogP contribution is -2.60. The van der Waals surface area contributed by atoms with Crippen LogP contribution in [0, 0.1) is 0 Å². The number of aliphatic carboxylic acids is 2. The second-order valence-corrected chi connectivity index (χ2v) is 7.34.